The number of thioether (sulfide) groups is 1. The molecule has 0 N–H and O–H groups in total. The zero-order chi connectivity index (χ0) is 15.0. The second-order valence-corrected chi connectivity index (χ2v) is 6.12. The molecule has 2 aliphatic rings. The minimum atomic E-state index is -0.376. The second kappa shape index (κ2) is 5.34. The maximum atomic E-state index is 12.6. The van der Waals surface area contributed by atoms with Gasteiger partial charge in [-0.05, 0) is 18.1 Å². The first-order valence-corrected chi connectivity index (χ1v) is 7.71. The molecule has 1 amide bonds. The molecule has 3 rings (SSSR count). The van der Waals surface area contributed by atoms with E-state index in [2.05, 4.69) is 16.1 Å². The van der Waals surface area contributed by atoms with E-state index in [1.807, 2.05) is 38.1 Å². The van der Waals surface area contributed by atoms with Gasteiger partial charge in [0.25, 0.3) is 5.91 Å². The van der Waals surface area contributed by atoms with Gasteiger partial charge in [-0.3, -0.25) is 9.79 Å². The summed E-state index contributed by atoms with van der Waals surface area (Å²) in [4.78, 5) is 23.3. The Balaban J connectivity index is 2.11. The SMILES string of the molecule is CC(C)[C@H]1N=C2c3ccccc3N=C(SCC#N)N2C1=O. The van der Waals surface area contributed by atoms with Gasteiger partial charge in [0.05, 0.1) is 17.5 Å². The van der Waals surface area contributed by atoms with Gasteiger partial charge in [0.1, 0.15) is 11.9 Å². The van der Waals surface area contributed by atoms with Gasteiger partial charge >= 0.3 is 0 Å². The van der Waals surface area contributed by atoms with Crippen LogP contribution < -0.4 is 0 Å². The minimum Gasteiger partial charge on any atom is -0.271 e. The molecule has 0 radical (unpaired) electrons. The predicted molar refractivity (Wildman–Crippen MR) is 83.6 cm³/mol. The van der Waals surface area contributed by atoms with Gasteiger partial charge in [-0.15, -0.1) is 0 Å². The molecule has 1 aromatic rings. The molecule has 0 fully saturated rings. The zero-order valence-electron chi connectivity index (χ0n) is 11.8. The first kappa shape index (κ1) is 13.8. The van der Waals surface area contributed by atoms with Crippen LogP contribution in [-0.4, -0.2) is 33.6 Å². The summed E-state index contributed by atoms with van der Waals surface area (Å²) < 4.78 is 0. The van der Waals surface area contributed by atoms with Crippen molar-refractivity contribution in [1.82, 2.24) is 4.90 Å². The van der Waals surface area contributed by atoms with Crippen LogP contribution in [0.25, 0.3) is 0 Å². The number of carbonyl (C=O) groups is 1. The van der Waals surface area contributed by atoms with E-state index < -0.39 is 0 Å². The summed E-state index contributed by atoms with van der Waals surface area (Å²) in [6, 6.07) is 9.33. The zero-order valence-corrected chi connectivity index (χ0v) is 12.6. The molecule has 2 heterocycles. The Kier molecular flexibility index (Phi) is 3.52. The summed E-state index contributed by atoms with van der Waals surface area (Å²) in [5, 5.41) is 9.32. The summed E-state index contributed by atoms with van der Waals surface area (Å²) in [5.74, 6) is 0.984. The number of rotatable bonds is 2. The highest BCUT2D eigenvalue weighted by atomic mass is 32.2. The summed E-state index contributed by atoms with van der Waals surface area (Å²) in [6.07, 6.45) is 0. The Bertz CT molecular complexity index is 702. The van der Waals surface area contributed by atoms with E-state index in [9.17, 15) is 4.79 Å². The van der Waals surface area contributed by atoms with Gasteiger partial charge in [-0.1, -0.05) is 37.7 Å². The van der Waals surface area contributed by atoms with Crippen LogP contribution in [0.4, 0.5) is 5.69 Å². The second-order valence-electron chi connectivity index (χ2n) is 5.17. The molecule has 0 saturated heterocycles. The van der Waals surface area contributed by atoms with Crippen LogP contribution in [0.3, 0.4) is 0 Å². The molecular formula is C15H14N4OS. The smallest absolute Gasteiger partial charge is 0.259 e. The molecule has 2 aliphatic heterocycles. The number of amidine groups is 2. The third-order valence-corrected chi connectivity index (χ3v) is 4.20. The molecule has 106 valence electrons. The average molecular weight is 298 g/mol. The molecule has 0 unspecified atom stereocenters. The maximum absolute atomic E-state index is 12.6. The summed E-state index contributed by atoms with van der Waals surface area (Å²) >= 11 is 1.27. The van der Waals surface area contributed by atoms with Crippen LogP contribution in [0.5, 0.6) is 0 Å². The highest BCUT2D eigenvalue weighted by molar-refractivity contribution is 8.14. The molecule has 6 heteroatoms. The van der Waals surface area contributed by atoms with Gasteiger partial charge in [0, 0.05) is 5.56 Å². The standard InChI is InChI=1S/C15H14N4OS/c1-9(2)12-14(20)19-13(18-12)10-5-3-4-6-11(10)17-15(19)21-8-7-16/h3-6,9,12H,8H2,1-2H3/t12-/m1/s1. The number of benzene rings is 1. The lowest BCUT2D eigenvalue weighted by molar-refractivity contribution is -0.125. The van der Waals surface area contributed by atoms with Gasteiger partial charge in [-0.25, -0.2) is 9.89 Å². The quantitative estimate of drug-likeness (QED) is 0.842. The Labute approximate surface area is 127 Å². The topological polar surface area (TPSA) is 68.8 Å². The fraction of sp³-hybridized carbons (Fsp3) is 0.333. The summed E-state index contributed by atoms with van der Waals surface area (Å²) in [7, 11) is 0. The maximum Gasteiger partial charge on any atom is 0.259 e. The Morgan fingerprint density at radius 3 is 2.90 bits per heavy atom. The van der Waals surface area contributed by atoms with E-state index in [0.29, 0.717) is 11.0 Å². The Morgan fingerprint density at radius 1 is 1.43 bits per heavy atom. The lowest BCUT2D eigenvalue weighted by Crippen LogP contribution is -2.42. The van der Waals surface area contributed by atoms with Crippen molar-refractivity contribution in [3.8, 4) is 6.07 Å². The van der Waals surface area contributed by atoms with Crippen molar-refractivity contribution >= 4 is 34.4 Å². The van der Waals surface area contributed by atoms with Crippen molar-refractivity contribution in [1.29, 1.82) is 5.26 Å². The van der Waals surface area contributed by atoms with Gasteiger partial charge in [0.15, 0.2) is 5.17 Å². The lowest BCUT2D eigenvalue weighted by atomic mass is 10.1. The Morgan fingerprint density at radius 2 is 2.19 bits per heavy atom. The van der Waals surface area contributed by atoms with Gasteiger partial charge in [0.2, 0.25) is 0 Å². The molecule has 0 saturated carbocycles. The number of aliphatic imine (C=N–C) groups is 2. The van der Waals surface area contributed by atoms with Crippen molar-refractivity contribution in [3.05, 3.63) is 29.8 Å². The average Bonchev–Trinajstić information content (AvgIpc) is 2.83. The minimum absolute atomic E-state index is 0.0568. The molecule has 0 bridgehead atoms. The van der Waals surface area contributed by atoms with Crippen molar-refractivity contribution in [2.24, 2.45) is 15.9 Å². The molecule has 1 atom stereocenters. The van der Waals surface area contributed by atoms with Crippen molar-refractivity contribution in [2.75, 3.05) is 5.75 Å². The Hall–Kier alpha value is -2.13. The molecule has 0 spiro atoms. The number of carbonyl (C=O) groups excluding carboxylic acids is 1. The van der Waals surface area contributed by atoms with Crippen LogP contribution in [0.15, 0.2) is 34.3 Å². The van der Waals surface area contributed by atoms with Crippen LogP contribution in [0, 0.1) is 17.2 Å². The van der Waals surface area contributed by atoms with E-state index in [1.165, 1.54) is 11.8 Å². The van der Waals surface area contributed by atoms with Gasteiger partial charge in [-0.2, -0.15) is 5.26 Å². The van der Waals surface area contributed by atoms with Gasteiger partial charge < -0.3 is 0 Å². The fourth-order valence-corrected chi connectivity index (χ4v) is 3.06. The van der Waals surface area contributed by atoms with Crippen LogP contribution in [-0.2, 0) is 4.79 Å². The van der Waals surface area contributed by atoms with Crippen LogP contribution in [0.2, 0.25) is 0 Å². The van der Waals surface area contributed by atoms with Crippen molar-refractivity contribution < 1.29 is 4.79 Å². The van der Waals surface area contributed by atoms with E-state index >= 15 is 0 Å². The lowest BCUT2D eigenvalue weighted by Gasteiger charge is -2.25. The normalized spacial score (nSPS) is 19.8. The number of fused-ring (bicyclic) bond motifs is 3. The third-order valence-electron chi connectivity index (χ3n) is 3.40. The monoisotopic (exact) mass is 298 g/mol. The molecule has 0 aliphatic carbocycles. The molecular weight excluding hydrogens is 284 g/mol. The highest BCUT2D eigenvalue weighted by Gasteiger charge is 2.42. The number of para-hydroxylation sites is 1. The van der Waals surface area contributed by atoms with E-state index in [0.717, 1.165) is 11.3 Å². The summed E-state index contributed by atoms with van der Waals surface area (Å²) in [6.45, 7) is 3.96. The first-order valence-electron chi connectivity index (χ1n) is 6.73. The number of amides is 1. The van der Waals surface area contributed by atoms with E-state index in [1.54, 1.807) is 4.90 Å². The molecule has 5 nitrogen and oxygen atoms in total. The van der Waals surface area contributed by atoms with Crippen LogP contribution in [0.1, 0.15) is 19.4 Å². The first-order chi connectivity index (χ1) is 10.1. The summed E-state index contributed by atoms with van der Waals surface area (Å²) in [5.41, 5.74) is 1.67. The molecule has 0 aromatic heterocycles. The fourth-order valence-electron chi connectivity index (χ4n) is 2.40. The predicted octanol–water partition coefficient (Wildman–Crippen LogP) is 2.56. The largest absolute Gasteiger partial charge is 0.271 e. The number of nitrogens with zero attached hydrogens (tertiary/aromatic N) is 4. The van der Waals surface area contributed by atoms with E-state index in [-0.39, 0.29) is 23.6 Å². The number of hydrogen-bond acceptors (Lipinski definition) is 5. The molecule has 1 aromatic carbocycles. The highest BCUT2D eigenvalue weighted by Crippen LogP contribution is 2.34. The van der Waals surface area contributed by atoms with Crippen molar-refractivity contribution in [2.45, 2.75) is 19.9 Å². The molecule has 21 heavy (non-hydrogen) atoms. The third kappa shape index (κ3) is 2.24. The van der Waals surface area contributed by atoms with Crippen LogP contribution >= 0.6 is 11.8 Å². The number of nitriles is 1. The van der Waals surface area contributed by atoms with Crippen molar-refractivity contribution in [3.63, 3.8) is 0 Å². The van der Waals surface area contributed by atoms with E-state index in [4.69, 9.17) is 5.26 Å². The number of hydrogen-bond donors (Lipinski definition) is 0.